The first-order chi connectivity index (χ1) is 9.65. The topological polar surface area (TPSA) is 46.2 Å². The molecule has 0 saturated carbocycles. The highest BCUT2D eigenvalue weighted by molar-refractivity contribution is 7.91. The summed E-state index contributed by atoms with van der Waals surface area (Å²) in [6.45, 7) is 0.297. The molecule has 0 bridgehead atoms. The van der Waals surface area contributed by atoms with Gasteiger partial charge in [0.15, 0.2) is 0 Å². The molecule has 3 nitrogen and oxygen atoms in total. The van der Waals surface area contributed by atoms with Crippen molar-refractivity contribution in [3.05, 3.63) is 65.5 Å². The number of nitrogens with one attached hydrogen (secondary N) is 1. The van der Waals surface area contributed by atoms with Gasteiger partial charge in [-0.1, -0.05) is 42.5 Å². The highest BCUT2D eigenvalue weighted by atomic mass is 32.2. The minimum absolute atomic E-state index is 0.297. The van der Waals surface area contributed by atoms with E-state index in [-0.39, 0.29) is 0 Å². The van der Waals surface area contributed by atoms with Crippen LogP contribution in [0.4, 0.5) is 0 Å². The van der Waals surface area contributed by atoms with Crippen LogP contribution in [0.5, 0.6) is 0 Å². The maximum Gasteiger partial charge on any atom is 0.250 e. The van der Waals surface area contributed by atoms with E-state index in [1.807, 2.05) is 42.5 Å². The van der Waals surface area contributed by atoms with Crippen LogP contribution in [0.2, 0.25) is 0 Å². The van der Waals surface area contributed by atoms with Crippen molar-refractivity contribution in [2.45, 2.75) is 10.8 Å². The van der Waals surface area contributed by atoms with Crippen molar-refractivity contribution in [2.75, 3.05) is 0 Å². The van der Waals surface area contributed by atoms with Crippen molar-refractivity contribution in [2.24, 2.45) is 0 Å². The molecule has 3 rings (SSSR count). The first kappa shape index (κ1) is 13.3. The Labute approximate surface area is 121 Å². The zero-order valence-electron chi connectivity index (χ0n) is 10.6. The molecule has 0 unspecified atom stereocenters. The molecule has 3 aromatic rings. The Balaban J connectivity index is 1.80. The van der Waals surface area contributed by atoms with Crippen molar-refractivity contribution in [1.29, 1.82) is 0 Å². The number of rotatable bonds is 4. The molecular weight excluding hydrogens is 290 g/mol. The highest BCUT2D eigenvalue weighted by Crippen LogP contribution is 2.18. The number of hydrogen-bond acceptors (Lipinski definition) is 3. The summed E-state index contributed by atoms with van der Waals surface area (Å²) in [5, 5.41) is 4.02. The van der Waals surface area contributed by atoms with E-state index in [1.54, 1.807) is 17.5 Å². The normalized spacial score (nSPS) is 11.8. The number of fused-ring (bicyclic) bond motifs is 1. The Kier molecular flexibility index (Phi) is 3.56. The summed E-state index contributed by atoms with van der Waals surface area (Å²) >= 11 is 1.22. The van der Waals surface area contributed by atoms with Crippen molar-refractivity contribution in [3.8, 4) is 0 Å². The Morgan fingerprint density at radius 3 is 2.50 bits per heavy atom. The molecule has 1 N–H and O–H groups in total. The molecule has 20 heavy (non-hydrogen) atoms. The van der Waals surface area contributed by atoms with Gasteiger partial charge in [-0.05, 0) is 33.8 Å². The summed E-state index contributed by atoms with van der Waals surface area (Å²) in [4.78, 5) is 0. The molecule has 5 heteroatoms. The van der Waals surface area contributed by atoms with Crippen LogP contribution in [0, 0.1) is 0 Å². The lowest BCUT2D eigenvalue weighted by Crippen LogP contribution is -2.22. The third-order valence-corrected chi connectivity index (χ3v) is 5.84. The minimum atomic E-state index is -3.40. The standard InChI is InChI=1S/C15H13NO2S2/c17-20(18,15-6-3-9-19-15)16-11-12-7-8-13-4-1-2-5-14(13)10-12/h1-10,16H,11H2. The predicted octanol–water partition coefficient (Wildman–Crippen LogP) is 3.38. The molecule has 102 valence electrons. The van der Waals surface area contributed by atoms with Gasteiger partial charge in [-0.3, -0.25) is 0 Å². The summed E-state index contributed by atoms with van der Waals surface area (Å²) in [5.41, 5.74) is 0.948. The number of thiophene rings is 1. The molecule has 0 aliphatic carbocycles. The Hall–Kier alpha value is -1.69. The molecule has 2 aromatic carbocycles. The van der Waals surface area contributed by atoms with Gasteiger partial charge in [0.1, 0.15) is 4.21 Å². The monoisotopic (exact) mass is 303 g/mol. The molecule has 0 saturated heterocycles. The maximum absolute atomic E-state index is 12.0. The van der Waals surface area contributed by atoms with Gasteiger partial charge in [-0.2, -0.15) is 0 Å². The summed E-state index contributed by atoms with van der Waals surface area (Å²) < 4.78 is 27.0. The van der Waals surface area contributed by atoms with E-state index in [0.29, 0.717) is 10.8 Å². The van der Waals surface area contributed by atoms with Gasteiger partial charge in [0.05, 0.1) is 0 Å². The second-order valence-corrected chi connectivity index (χ2v) is 7.38. The van der Waals surface area contributed by atoms with E-state index in [4.69, 9.17) is 0 Å². The number of benzene rings is 2. The first-order valence-corrected chi connectivity index (χ1v) is 8.52. The lowest BCUT2D eigenvalue weighted by molar-refractivity contribution is 0.583. The van der Waals surface area contributed by atoms with E-state index >= 15 is 0 Å². The third-order valence-electron chi connectivity index (χ3n) is 3.04. The van der Waals surface area contributed by atoms with Gasteiger partial charge in [0.2, 0.25) is 10.0 Å². The maximum atomic E-state index is 12.0. The van der Waals surface area contributed by atoms with Crippen molar-refractivity contribution in [3.63, 3.8) is 0 Å². The van der Waals surface area contributed by atoms with Crippen molar-refractivity contribution >= 4 is 32.1 Å². The summed E-state index contributed by atoms with van der Waals surface area (Å²) in [7, 11) is -3.40. The SMILES string of the molecule is O=S(=O)(NCc1ccc2ccccc2c1)c1cccs1. The van der Waals surface area contributed by atoms with Gasteiger partial charge >= 0.3 is 0 Å². The van der Waals surface area contributed by atoms with E-state index in [0.717, 1.165) is 16.3 Å². The lowest BCUT2D eigenvalue weighted by atomic mass is 10.1. The fraction of sp³-hybridized carbons (Fsp3) is 0.0667. The molecule has 0 aliphatic rings. The van der Waals surface area contributed by atoms with E-state index < -0.39 is 10.0 Å². The van der Waals surface area contributed by atoms with E-state index in [2.05, 4.69) is 4.72 Å². The Morgan fingerprint density at radius 2 is 1.75 bits per heavy atom. The predicted molar refractivity (Wildman–Crippen MR) is 82.3 cm³/mol. The van der Waals surface area contributed by atoms with Gasteiger partial charge in [-0.25, -0.2) is 13.1 Å². The van der Waals surface area contributed by atoms with Crippen LogP contribution in [0.3, 0.4) is 0 Å². The van der Waals surface area contributed by atoms with Gasteiger partial charge in [-0.15, -0.1) is 11.3 Å². The fourth-order valence-electron chi connectivity index (χ4n) is 2.01. The zero-order valence-corrected chi connectivity index (χ0v) is 12.2. The molecule has 1 aromatic heterocycles. The molecular formula is C15H13NO2S2. The second-order valence-electron chi connectivity index (χ2n) is 4.44. The van der Waals surface area contributed by atoms with Crippen molar-refractivity contribution < 1.29 is 8.42 Å². The Bertz CT molecular complexity index is 824. The molecule has 0 amide bonds. The Morgan fingerprint density at radius 1 is 0.950 bits per heavy atom. The van der Waals surface area contributed by atoms with Gasteiger partial charge in [0.25, 0.3) is 0 Å². The average Bonchev–Trinajstić information content (AvgIpc) is 3.00. The van der Waals surface area contributed by atoms with Crippen LogP contribution < -0.4 is 4.72 Å². The van der Waals surface area contributed by atoms with E-state index in [1.165, 1.54) is 11.3 Å². The zero-order chi connectivity index (χ0) is 14.0. The smallest absolute Gasteiger partial charge is 0.206 e. The minimum Gasteiger partial charge on any atom is -0.206 e. The summed E-state index contributed by atoms with van der Waals surface area (Å²) in [6, 6.07) is 17.3. The fourth-order valence-corrected chi connectivity index (χ4v) is 4.07. The van der Waals surface area contributed by atoms with Crippen LogP contribution in [0.15, 0.2) is 64.2 Å². The molecule has 0 radical (unpaired) electrons. The number of sulfonamides is 1. The highest BCUT2D eigenvalue weighted by Gasteiger charge is 2.14. The largest absolute Gasteiger partial charge is 0.250 e. The van der Waals surface area contributed by atoms with Crippen LogP contribution >= 0.6 is 11.3 Å². The van der Waals surface area contributed by atoms with Crippen LogP contribution in [0.1, 0.15) is 5.56 Å². The van der Waals surface area contributed by atoms with Gasteiger partial charge in [0, 0.05) is 6.54 Å². The van der Waals surface area contributed by atoms with Gasteiger partial charge < -0.3 is 0 Å². The van der Waals surface area contributed by atoms with Crippen LogP contribution in [0.25, 0.3) is 10.8 Å². The quantitative estimate of drug-likeness (QED) is 0.803. The summed E-state index contributed by atoms with van der Waals surface area (Å²) in [5.74, 6) is 0. The molecule has 0 atom stereocenters. The first-order valence-electron chi connectivity index (χ1n) is 6.16. The third kappa shape index (κ3) is 2.75. The molecule has 0 fully saturated rings. The van der Waals surface area contributed by atoms with E-state index in [9.17, 15) is 8.42 Å². The van der Waals surface area contributed by atoms with Crippen LogP contribution in [-0.4, -0.2) is 8.42 Å². The second kappa shape index (κ2) is 5.36. The van der Waals surface area contributed by atoms with Crippen LogP contribution in [-0.2, 0) is 16.6 Å². The molecule has 0 spiro atoms. The summed E-state index contributed by atoms with van der Waals surface area (Å²) in [6.07, 6.45) is 0. The average molecular weight is 303 g/mol. The number of hydrogen-bond donors (Lipinski definition) is 1. The van der Waals surface area contributed by atoms with Crippen molar-refractivity contribution in [1.82, 2.24) is 4.72 Å². The molecule has 0 aliphatic heterocycles. The molecule has 1 heterocycles. The lowest BCUT2D eigenvalue weighted by Gasteiger charge is -2.06.